The van der Waals surface area contributed by atoms with E-state index in [4.69, 9.17) is 0 Å². The van der Waals surface area contributed by atoms with E-state index in [9.17, 15) is 5.11 Å². The quantitative estimate of drug-likeness (QED) is 0.929. The Morgan fingerprint density at radius 2 is 1.90 bits per heavy atom. The first-order chi connectivity index (χ1) is 9.65. The van der Waals surface area contributed by atoms with Gasteiger partial charge in [0.15, 0.2) is 0 Å². The highest BCUT2D eigenvalue weighted by atomic mass is 16.3. The summed E-state index contributed by atoms with van der Waals surface area (Å²) in [7, 11) is 0. The number of rotatable bonds is 3. The molecule has 4 nitrogen and oxygen atoms in total. The summed E-state index contributed by atoms with van der Waals surface area (Å²) in [5, 5.41) is 9.94. The molecule has 0 amide bonds. The van der Waals surface area contributed by atoms with Crippen molar-refractivity contribution in [2.45, 2.75) is 40.2 Å². The van der Waals surface area contributed by atoms with Crippen LogP contribution in [0.2, 0.25) is 0 Å². The van der Waals surface area contributed by atoms with Gasteiger partial charge >= 0.3 is 0 Å². The third-order valence-corrected chi connectivity index (χ3v) is 3.21. The maximum absolute atomic E-state index is 9.94. The second-order valence-electron chi connectivity index (χ2n) is 7.31. The highest BCUT2D eigenvalue weighted by Gasteiger charge is 2.19. The van der Waals surface area contributed by atoms with Gasteiger partial charge in [0.25, 0.3) is 0 Å². The van der Waals surface area contributed by atoms with Crippen molar-refractivity contribution in [3.8, 4) is 0 Å². The molecule has 2 rings (SSSR count). The number of aliphatic imine (C=N–C) groups is 1. The van der Waals surface area contributed by atoms with Crippen LogP contribution >= 0.6 is 0 Å². The smallest absolute Gasteiger partial charge is 0.101 e. The molecule has 0 atom stereocenters. The van der Waals surface area contributed by atoms with Crippen molar-refractivity contribution >= 4 is 11.9 Å². The van der Waals surface area contributed by atoms with Crippen LogP contribution in [0.25, 0.3) is 5.70 Å². The van der Waals surface area contributed by atoms with Crippen molar-refractivity contribution in [3.05, 3.63) is 35.8 Å². The van der Waals surface area contributed by atoms with Crippen LogP contribution in [0, 0.1) is 5.41 Å². The maximum Gasteiger partial charge on any atom is 0.101 e. The van der Waals surface area contributed by atoms with Gasteiger partial charge in [0, 0.05) is 30.7 Å². The number of hydrogen-bond donors (Lipinski definition) is 1. The van der Waals surface area contributed by atoms with Gasteiger partial charge in [-0.25, -0.2) is 0 Å². The first kappa shape index (κ1) is 15.7. The van der Waals surface area contributed by atoms with Crippen molar-refractivity contribution in [2.24, 2.45) is 10.4 Å². The molecule has 0 radical (unpaired) electrons. The predicted octanol–water partition coefficient (Wildman–Crippen LogP) is 3.04. The minimum Gasteiger partial charge on any atom is -0.384 e. The fourth-order valence-electron chi connectivity index (χ4n) is 2.28. The average molecular weight is 287 g/mol. The van der Waals surface area contributed by atoms with Gasteiger partial charge in [0.1, 0.15) is 5.60 Å². The normalized spacial score (nSPS) is 16.1. The van der Waals surface area contributed by atoms with E-state index < -0.39 is 5.60 Å². The van der Waals surface area contributed by atoms with E-state index in [-0.39, 0.29) is 5.41 Å². The van der Waals surface area contributed by atoms with E-state index in [1.807, 2.05) is 18.3 Å². The number of hydrogen-bond acceptors (Lipinski definition) is 4. The molecule has 0 saturated heterocycles. The standard InChI is InChI=1S/C17H25N3O/c1-16(2,3)12-20-9-8-18-14(11-20)13-6-7-15(19-10-13)17(4,5)21/h6-8,10-11,21H,9,12H2,1-5H3. The van der Waals surface area contributed by atoms with E-state index in [0.717, 1.165) is 24.4 Å². The Bertz CT molecular complexity index is 545. The van der Waals surface area contributed by atoms with E-state index in [2.05, 4.69) is 41.8 Å². The molecule has 1 aromatic rings. The van der Waals surface area contributed by atoms with Crippen LogP contribution < -0.4 is 0 Å². The Balaban J connectivity index is 2.19. The number of aromatic nitrogens is 1. The van der Waals surface area contributed by atoms with E-state index in [1.165, 1.54) is 0 Å². The first-order valence-electron chi connectivity index (χ1n) is 7.33. The fourth-order valence-corrected chi connectivity index (χ4v) is 2.28. The molecule has 4 heteroatoms. The van der Waals surface area contributed by atoms with E-state index in [0.29, 0.717) is 5.69 Å². The van der Waals surface area contributed by atoms with E-state index >= 15 is 0 Å². The van der Waals surface area contributed by atoms with Crippen molar-refractivity contribution in [1.82, 2.24) is 9.88 Å². The number of nitrogens with zero attached hydrogens (tertiary/aromatic N) is 3. The molecule has 1 aliphatic rings. The van der Waals surface area contributed by atoms with Crippen molar-refractivity contribution in [1.29, 1.82) is 0 Å². The highest BCUT2D eigenvalue weighted by Crippen LogP contribution is 2.24. The zero-order valence-electron chi connectivity index (χ0n) is 13.6. The molecule has 0 saturated carbocycles. The van der Waals surface area contributed by atoms with Gasteiger partial charge in [0.2, 0.25) is 0 Å². The first-order valence-corrected chi connectivity index (χ1v) is 7.33. The molecule has 0 aromatic carbocycles. The summed E-state index contributed by atoms with van der Waals surface area (Å²) in [4.78, 5) is 11.1. The van der Waals surface area contributed by atoms with Gasteiger partial charge in [-0.15, -0.1) is 0 Å². The minimum atomic E-state index is -0.916. The lowest BCUT2D eigenvalue weighted by Crippen LogP contribution is -2.31. The molecular weight excluding hydrogens is 262 g/mol. The zero-order chi connectivity index (χ0) is 15.7. The van der Waals surface area contributed by atoms with Gasteiger partial charge in [-0.05, 0) is 31.4 Å². The molecule has 114 valence electrons. The molecule has 21 heavy (non-hydrogen) atoms. The van der Waals surface area contributed by atoms with Crippen LogP contribution in [-0.4, -0.2) is 34.3 Å². The lowest BCUT2D eigenvalue weighted by molar-refractivity contribution is 0.0738. The zero-order valence-corrected chi connectivity index (χ0v) is 13.6. The molecule has 1 aromatic heterocycles. The lowest BCUT2D eigenvalue weighted by atomic mass is 9.96. The minimum absolute atomic E-state index is 0.246. The van der Waals surface area contributed by atoms with Crippen molar-refractivity contribution < 1.29 is 5.11 Å². The summed E-state index contributed by atoms with van der Waals surface area (Å²) in [5.41, 5.74) is 1.88. The second-order valence-corrected chi connectivity index (χ2v) is 7.31. The summed E-state index contributed by atoms with van der Waals surface area (Å²) in [6.07, 6.45) is 5.80. The fraction of sp³-hybridized carbons (Fsp3) is 0.529. The monoisotopic (exact) mass is 287 g/mol. The largest absolute Gasteiger partial charge is 0.384 e. The van der Waals surface area contributed by atoms with Crippen LogP contribution in [0.15, 0.2) is 29.5 Å². The Kier molecular flexibility index (Phi) is 4.19. The Labute approximate surface area is 127 Å². The molecule has 0 spiro atoms. The maximum atomic E-state index is 9.94. The molecule has 0 aliphatic carbocycles. The number of pyridine rings is 1. The summed E-state index contributed by atoms with van der Waals surface area (Å²) >= 11 is 0. The molecule has 0 fully saturated rings. The van der Waals surface area contributed by atoms with Crippen LogP contribution in [0.3, 0.4) is 0 Å². The number of aliphatic hydroxyl groups is 1. The molecular formula is C17H25N3O. The van der Waals surface area contributed by atoms with Gasteiger partial charge in [-0.1, -0.05) is 20.8 Å². The van der Waals surface area contributed by atoms with E-state index in [1.54, 1.807) is 20.0 Å². The molecule has 0 bridgehead atoms. The second kappa shape index (κ2) is 5.60. The van der Waals surface area contributed by atoms with Crippen LogP contribution in [0.5, 0.6) is 0 Å². The SMILES string of the molecule is CC(C)(C)CN1C=C(c2ccc(C(C)(C)O)nc2)N=CC1. The summed E-state index contributed by atoms with van der Waals surface area (Å²) in [5.74, 6) is 0. The lowest BCUT2D eigenvalue weighted by Gasteiger charge is -2.30. The summed E-state index contributed by atoms with van der Waals surface area (Å²) in [6, 6.07) is 3.82. The average Bonchev–Trinajstić information content (AvgIpc) is 2.36. The van der Waals surface area contributed by atoms with Gasteiger partial charge in [0.05, 0.1) is 17.9 Å². The molecule has 1 aliphatic heterocycles. The Hall–Kier alpha value is -1.68. The third kappa shape index (κ3) is 4.39. The predicted molar refractivity (Wildman–Crippen MR) is 87.0 cm³/mol. The van der Waals surface area contributed by atoms with Crippen molar-refractivity contribution in [2.75, 3.05) is 13.1 Å². The Morgan fingerprint density at radius 3 is 2.43 bits per heavy atom. The highest BCUT2D eigenvalue weighted by molar-refractivity contribution is 5.76. The van der Waals surface area contributed by atoms with Crippen molar-refractivity contribution in [3.63, 3.8) is 0 Å². The molecule has 0 unspecified atom stereocenters. The Morgan fingerprint density at radius 1 is 1.19 bits per heavy atom. The van der Waals surface area contributed by atoms with Crippen LogP contribution in [0.1, 0.15) is 45.9 Å². The molecule has 2 heterocycles. The van der Waals surface area contributed by atoms with Crippen LogP contribution in [-0.2, 0) is 5.60 Å². The molecule has 1 N–H and O–H groups in total. The van der Waals surface area contributed by atoms with Gasteiger partial charge in [-0.2, -0.15) is 0 Å². The third-order valence-electron chi connectivity index (χ3n) is 3.21. The van der Waals surface area contributed by atoms with Gasteiger partial charge < -0.3 is 10.0 Å². The van der Waals surface area contributed by atoms with Gasteiger partial charge in [-0.3, -0.25) is 9.98 Å². The summed E-state index contributed by atoms with van der Waals surface area (Å²) in [6.45, 7) is 12.0. The van der Waals surface area contributed by atoms with Crippen LogP contribution in [0.4, 0.5) is 0 Å². The topological polar surface area (TPSA) is 48.7 Å². The summed E-state index contributed by atoms with van der Waals surface area (Å²) < 4.78 is 0.